The van der Waals surface area contributed by atoms with Crippen LogP contribution >= 0.6 is 11.3 Å². The summed E-state index contributed by atoms with van der Waals surface area (Å²) in [6.07, 6.45) is 0.522. The molecule has 1 rings (SSSR count). The van der Waals surface area contributed by atoms with Crippen molar-refractivity contribution >= 4 is 11.3 Å². The fourth-order valence-electron chi connectivity index (χ4n) is 0.875. The minimum atomic E-state index is -0.280. The Bertz CT molecular complexity index is 308. The summed E-state index contributed by atoms with van der Waals surface area (Å²) in [5.74, 6) is 5.34. The molecular formula is C9H10FNS. The summed E-state index contributed by atoms with van der Waals surface area (Å²) in [5.41, 5.74) is 5.69. The van der Waals surface area contributed by atoms with Crippen LogP contribution in [0.2, 0.25) is 0 Å². The van der Waals surface area contributed by atoms with E-state index in [-0.39, 0.29) is 11.9 Å². The third-order valence-corrected chi connectivity index (χ3v) is 2.50. The first-order chi connectivity index (χ1) is 5.75. The van der Waals surface area contributed by atoms with Crippen LogP contribution in [0.1, 0.15) is 24.3 Å². The van der Waals surface area contributed by atoms with E-state index in [9.17, 15) is 4.39 Å². The third-order valence-electron chi connectivity index (χ3n) is 1.48. The first kappa shape index (κ1) is 9.24. The Morgan fingerprint density at radius 1 is 1.75 bits per heavy atom. The van der Waals surface area contributed by atoms with Gasteiger partial charge in [-0.25, -0.2) is 4.39 Å². The highest BCUT2D eigenvalue weighted by atomic mass is 32.1. The van der Waals surface area contributed by atoms with Crippen molar-refractivity contribution in [3.8, 4) is 11.8 Å². The lowest BCUT2D eigenvalue weighted by molar-refractivity contribution is 0.597. The molecule has 1 unspecified atom stereocenters. The largest absolute Gasteiger partial charge is 0.322 e. The molecule has 0 saturated carbocycles. The smallest absolute Gasteiger partial charge is 0.138 e. The van der Waals surface area contributed by atoms with E-state index in [2.05, 4.69) is 11.8 Å². The van der Waals surface area contributed by atoms with Gasteiger partial charge in [0, 0.05) is 6.42 Å². The van der Waals surface area contributed by atoms with Gasteiger partial charge in [-0.1, -0.05) is 0 Å². The second kappa shape index (κ2) is 4.24. The lowest BCUT2D eigenvalue weighted by Gasteiger charge is -2.03. The summed E-state index contributed by atoms with van der Waals surface area (Å²) < 4.78 is 12.9. The molecule has 1 atom stereocenters. The maximum atomic E-state index is 12.9. The summed E-state index contributed by atoms with van der Waals surface area (Å²) in [7, 11) is 0. The van der Waals surface area contributed by atoms with Crippen molar-refractivity contribution in [3.05, 3.63) is 22.1 Å². The zero-order valence-electron chi connectivity index (χ0n) is 6.80. The van der Waals surface area contributed by atoms with Crippen LogP contribution in [0.15, 0.2) is 11.4 Å². The molecule has 0 amide bonds. The molecule has 12 heavy (non-hydrogen) atoms. The summed E-state index contributed by atoms with van der Waals surface area (Å²) >= 11 is 1.34. The Morgan fingerprint density at radius 2 is 2.50 bits per heavy atom. The van der Waals surface area contributed by atoms with E-state index in [0.29, 0.717) is 11.3 Å². The Hall–Kier alpha value is -0.850. The molecule has 0 spiro atoms. The van der Waals surface area contributed by atoms with E-state index >= 15 is 0 Å². The minimum Gasteiger partial charge on any atom is -0.322 e. The molecular weight excluding hydrogens is 173 g/mol. The number of rotatable bonds is 2. The number of thiophene rings is 1. The standard InChI is InChI=1S/C9H10FNS/c1-2-3-4-8(11)9-7(10)5-6-12-9/h5-6,8H,4,11H2,1H3. The van der Waals surface area contributed by atoms with Gasteiger partial charge in [-0.3, -0.25) is 0 Å². The van der Waals surface area contributed by atoms with Gasteiger partial charge in [0.25, 0.3) is 0 Å². The molecule has 1 aromatic rings. The predicted octanol–water partition coefficient (Wildman–Crippen LogP) is 2.30. The van der Waals surface area contributed by atoms with Crippen LogP contribution < -0.4 is 5.73 Å². The van der Waals surface area contributed by atoms with Crippen molar-refractivity contribution in [2.24, 2.45) is 5.73 Å². The Morgan fingerprint density at radius 3 is 3.00 bits per heavy atom. The Kier molecular flexibility index (Phi) is 3.27. The molecule has 0 aliphatic heterocycles. The number of halogens is 1. The van der Waals surface area contributed by atoms with Crippen molar-refractivity contribution < 1.29 is 4.39 Å². The SMILES string of the molecule is CC#CCC(N)c1sccc1F. The zero-order chi connectivity index (χ0) is 8.97. The van der Waals surface area contributed by atoms with Gasteiger partial charge in [0.1, 0.15) is 5.82 Å². The van der Waals surface area contributed by atoms with Gasteiger partial charge in [-0.15, -0.1) is 23.2 Å². The Labute approximate surface area is 75.4 Å². The molecule has 3 heteroatoms. The van der Waals surface area contributed by atoms with Crippen LogP contribution in [0.4, 0.5) is 4.39 Å². The molecule has 0 radical (unpaired) electrons. The molecule has 64 valence electrons. The molecule has 1 aromatic heterocycles. The summed E-state index contributed by atoms with van der Waals surface area (Å²) in [4.78, 5) is 0.595. The monoisotopic (exact) mass is 183 g/mol. The number of nitrogens with two attached hydrogens (primary N) is 1. The third kappa shape index (κ3) is 2.07. The van der Waals surface area contributed by atoms with Gasteiger partial charge in [0.2, 0.25) is 0 Å². The van der Waals surface area contributed by atoms with E-state index in [1.807, 2.05) is 0 Å². The highest BCUT2D eigenvalue weighted by Crippen LogP contribution is 2.22. The molecule has 0 saturated heterocycles. The highest BCUT2D eigenvalue weighted by Gasteiger charge is 2.10. The first-order valence-corrected chi connectivity index (χ1v) is 4.51. The second-order valence-corrected chi connectivity index (χ2v) is 3.32. The van der Waals surface area contributed by atoms with Gasteiger partial charge in [-0.05, 0) is 18.4 Å². The normalized spacial score (nSPS) is 11.9. The van der Waals surface area contributed by atoms with Gasteiger partial charge >= 0.3 is 0 Å². The van der Waals surface area contributed by atoms with Gasteiger partial charge in [0.05, 0.1) is 10.9 Å². The van der Waals surface area contributed by atoms with Crippen molar-refractivity contribution in [1.82, 2.24) is 0 Å². The lowest BCUT2D eigenvalue weighted by atomic mass is 10.2. The number of hydrogen-bond donors (Lipinski definition) is 1. The first-order valence-electron chi connectivity index (χ1n) is 3.63. The van der Waals surface area contributed by atoms with Gasteiger partial charge in [-0.2, -0.15) is 0 Å². The fraction of sp³-hybridized carbons (Fsp3) is 0.333. The van der Waals surface area contributed by atoms with E-state index in [4.69, 9.17) is 5.73 Å². The minimum absolute atomic E-state index is 0.217. The molecule has 2 N–H and O–H groups in total. The quantitative estimate of drug-likeness (QED) is 0.699. The van der Waals surface area contributed by atoms with Crippen molar-refractivity contribution in [1.29, 1.82) is 0 Å². The van der Waals surface area contributed by atoms with Crippen molar-refractivity contribution in [2.75, 3.05) is 0 Å². The maximum absolute atomic E-state index is 12.9. The van der Waals surface area contributed by atoms with Crippen molar-refractivity contribution in [3.63, 3.8) is 0 Å². The topological polar surface area (TPSA) is 26.0 Å². The van der Waals surface area contributed by atoms with E-state index < -0.39 is 0 Å². The summed E-state index contributed by atoms with van der Waals surface area (Å²) in [5, 5.41) is 1.70. The summed E-state index contributed by atoms with van der Waals surface area (Å²) in [6, 6.07) is 1.15. The lowest BCUT2D eigenvalue weighted by Crippen LogP contribution is -2.08. The summed E-state index contributed by atoms with van der Waals surface area (Å²) in [6.45, 7) is 1.75. The van der Waals surface area contributed by atoms with Crippen molar-refractivity contribution in [2.45, 2.75) is 19.4 Å². The molecule has 1 heterocycles. The molecule has 1 nitrogen and oxygen atoms in total. The van der Waals surface area contributed by atoms with E-state index in [0.717, 1.165) is 0 Å². The molecule has 0 fully saturated rings. The van der Waals surface area contributed by atoms with Crippen LogP contribution in [0.5, 0.6) is 0 Å². The molecule has 0 aliphatic carbocycles. The highest BCUT2D eigenvalue weighted by molar-refractivity contribution is 7.10. The van der Waals surface area contributed by atoms with E-state index in [1.165, 1.54) is 17.4 Å². The van der Waals surface area contributed by atoms with Crippen LogP contribution in [0.25, 0.3) is 0 Å². The van der Waals surface area contributed by atoms with Crippen LogP contribution in [-0.2, 0) is 0 Å². The average Bonchev–Trinajstić information content (AvgIpc) is 2.47. The second-order valence-electron chi connectivity index (χ2n) is 2.37. The zero-order valence-corrected chi connectivity index (χ0v) is 7.62. The van der Waals surface area contributed by atoms with Crippen LogP contribution in [0.3, 0.4) is 0 Å². The predicted molar refractivity (Wildman–Crippen MR) is 49.3 cm³/mol. The van der Waals surface area contributed by atoms with Crippen LogP contribution in [0, 0.1) is 17.7 Å². The van der Waals surface area contributed by atoms with Gasteiger partial charge < -0.3 is 5.73 Å². The van der Waals surface area contributed by atoms with Gasteiger partial charge in [0.15, 0.2) is 0 Å². The Balaban J connectivity index is 2.68. The fourth-order valence-corrected chi connectivity index (χ4v) is 1.65. The molecule has 0 aliphatic rings. The molecule has 0 bridgehead atoms. The average molecular weight is 183 g/mol. The number of hydrogen-bond acceptors (Lipinski definition) is 2. The van der Waals surface area contributed by atoms with Crippen LogP contribution in [-0.4, -0.2) is 0 Å². The molecule has 0 aromatic carbocycles. The maximum Gasteiger partial charge on any atom is 0.138 e. The van der Waals surface area contributed by atoms with E-state index in [1.54, 1.807) is 12.3 Å².